The van der Waals surface area contributed by atoms with E-state index >= 15 is 0 Å². The molecule has 0 amide bonds. The van der Waals surface area contributed by atoms with Gasteiger partial charge in [0.25, 0.3) is 0 Å². The number of hydrogen-bond donors (Lipinski definition) is 0. The highest BCUT2D eigenvalue weighted by molar-refractivity contribution is 5.68. The summed E-state index contributed by atoms with van der Waals surface area (Å²) in [4.78, 5) is 44.0. The maximum atomic E-state index is 11.3. The van der Waals surface area contributed by atoms with Crippen LogP contribution in [0.3, 0.4) is 0 Å². The van der Waals surface area contributed by atoms with E-state index in [2.05, 4.69) is 0 Å². The quantitative estimate of drug-likeness (QED) is 0.291. The molecule has 1 heterocycles. The first kappa shape index (κ1) is 18.8. The number of hydrogen-bond acceptors (Lipinski definition) is 9. The molecule has 0 aromatic heterocycles. The SMILES string of the molecule is CC(=O)O[C@@H]1[C@@H](OC(C)=O)[C@H](C)O[C@H](C[N+](=O)[O-])[C@@H]1OC(C)=O. The van der Waals surface area contributed by atoms with E-state index in [1.807, 2.05) is 0 Å². The van der Waals surface area contributed by atoms with E-state index in [1.165, 1.54) is 6.92 Å². The van der Waals surface area contributed by atoms with E-state index in [9.17, 15) is 24.5 Å². The van der Waals surface area contributed by atoms with Gasteiger partial charge in [0, 0.05) is 25.7 Å². The van der Waals surface area contributed by atoms with Crippen molar-refractivity contribution >= 4 is 17.9 Å². The molecule has 0 spiro atoms. The van der Waals surface area contributed by atoms with Crippen molar-refractivity contribution in [1.29, 1.82) is 0 Å². The lowest BCUT2D eigenvalue weighted by Gasteiger charge is -2.42. The summed E-state index contributed by atoms with van der Waals surface area (Å²) < 4.78 is 20.7. The Kier molecular flexibility index (Phi) is 6.43. The van der Waals surface area contributed by atoms with Crippen LogP contribution in [0.5, 0.6) is 0 Å². The molecule has 10 heteroatoms. The maximum Gasteiger partial charge on any atom is 0.303 e. The molecule has 0 bridgehead atoms. The minimum Gasteiger partial charge on any atom is -0.456 e. The Morgan fingerprint density at radius 1 is 0.957 bits per heavy atom. The molecule has 0 N–H and O–H groups in total. The standard InChI is InChI=1S/C13H19NO9/c1-6-11(21-7(2)15)13(23-9(4)17)12(22-8(3)16)10(20-6)5-14(18)19/h6,10-13H,5H2,1-4H3/t6-,10+,11-,12-,13+/m0/s1. The molecule has 0 aromatic rings. The molecule has 1 fully saturated rings. The lowest BCUT2D eigenvalue weighted by molar-refractivity contribution is -0.498. The van der Waals surface area contributed by atoms with Crippen molar-refractivity contribution < 1.29 is 38.3 Å². The number of rotatable bonds is 5. The van der Waals surface area contributed by atoms with Gasteiger partial charge in [0.2, 0.25) is 6.54 Å². The zero-order valence-corrected chi connectivity index (χ0v) is 13.2. The van der Waals surface area contributed by atoms with Gasteiger partial charge in [0.15, 0.2) is 24.4 Å². The Bertz CT molecular complexity index is 492. The van der Waals surface area contributed by atoms with E-state index in [1.54, 1.807) is 0 Å². The molecule has 0 radical (unpaired) electrons. The largest absolute Gasteiger partial charge is 0.456 e. The van der Waals surface area contributed by atoms with E-state index in [-0.39, 0.29) is 0 Å². The summed E-state index contributed by atoms with van der Waals surface area (Å²) in [5.41, 5.74) is 0. The number of esters is 3. The van der Waals surface area contributed by atoms with Crippen molar-refractivity contribution in [3.8, 4) is 0 Å². The molecule has 10 nitrogen and oxygen atoms in total. The molecule has 1 saturated heterocycles. The van der Waals surface area contributed by atoms with Gasteiger partial charge in [-0.25, -0.2) is 0 Å². The highest BCUT2D eigenvalue weighted by atomic mass is 16.7. The molecular formula is C13H19NO9. The maximum absolute atomic E-state index is 11.3. The van der Waals surface area contributed by atoms with Gasteiger partial charge in [-0.1, -0.05) is 0 Å². The first-order chi connectivity index (χ1) is 10.6. The Labute approximate surface area is 132 Å². The fraction of sp³-hybridized carbons (Fsp3) is 0.769. The lowest BCUT2D eigenvalue weighted by Crippen LogP contribution is -2.61. The van der Waals surface area contributed by atoms with Crippen LogP contribution in [0.15, 0.2) is 0 Å². The predicted octanol–water partition coefficient (Wildman–Crippen LogP) is -0.154. The molecule has 5 atom stereocenters. The van der Waals surface area contributed by atoms with Gasteiger partial charge in [0.05, 0.1) is 6.10 Å². The Morgan fingerprint density at radius 3 is 1.83 bits per heavy atom. The van der Waals surface area contributed by atoms with Gasteiger partial charge in [-0.05, 0) is 6.92 Å². The smallest absolute Gasteiger partial charge is 0.303 e. The second-order valence-electron chi connectivity index (χ2n) is 5.12. The van der Waals surface area contributed by atoms with Crippen molar-refractivity contribution in [2.24, 2.45) is 0 Å². The molecule has 1 aliphatic rings. The zero-order valence-electron chi connectivity index (χ0n) is 13.2. The third kappa shape index (κ3) is 5.47. The number of carbonyl (C=O) groups excluding carboxylic acids is 3. The van der Waals surface area contributed by atoms with E-state index in [4.69, 9.17) is 18.9 Å². The van der Waals surface area contributed by atoms with Crippen molar-refractivity contribution in [2.45, 2.75) is 58.2 Å². The molecule has 1 aliphatic heterocycles. The van der Waals surface area contributed by atoms with Gasteiger partial charge in [-0.3, -0.25) is 24.5 Å². The summed E-state index contributed by atoms with van der Waals surface area (Å²) in [6.07, 6.45) is -5.44. The third-order valence-corrected chi connectivity index (χ3v) is 3.10. The van der Waals surface area contributed by atoms with Crippen LogP contribution in [-0.4, -0.2) is 59.9 Å². The summed E-state index contributed by atoms with van der Waals surface area (Å²) in [7, 11) is 0. The predicted molar refractivity (Wildman–Crippen MR) is 72.9 cm³/mol. The van der Waals surface area contributed by atoms with E-state index in [0.717, 1.165) is 20.8 Å². The van der Waals surface area contributed by atoms with E-state index in [0.29, 0.717) is 0 Å². The number of carbonyl (C=O) groups is 3. The first-order valence-electron chi connectivity index (χ1n) is 6.90. The molecule has 0 aliphatic carbocycles. The zero-order chi connectivity index (χ0) is 17.7. The summed E-state index contributed by atoms with van der Waals surface area (Å²) in [6.45, 7) is 4.24. The van der Waals surface area contributed by atoms with Gasteiger partial charge in [-0.15, -0.1) is 0 Å². The molecular weight excluding hydrogens is 314 g/mol. The van der Waals surface area contributed by atoms with Crippen molar-refractivity contribution in [3.63, 3.8) is 0 Å². The fourth-order valence-corrected chi connectivity index (χ4v) is 2.40. The highest BCUT2D eigenvalue weighted by Crippen LogP contribution is 2.28. The van der Waals surface area contributed by atoms with Crippen LogP contribution in [0, 0.1) is 10.1 Å². The summed E-state index contributed by atoms with van der Waals surface area (Å²) in [6, 6.07) is 0. The summed E-state index contributed by atoms with van der Waals surface area (Å²) in [5, 5.41) is 10.8. The fourth-order valence-electron chi connectivity index (χ4n) is 2.40. The average molecular weight is 333 g/mol. The molecule has 0 unspecified atom stereocenters. The van der Waals surface area contributed by atoms with E-state index < -0.39 is 59.9 Å². The second kappa shape index (κ2) is 7.86. The van der Waals surface area contributed by atoms with Crippen LogP contribution in [0.4, 0.5) is 0 Å². The third-order valence-electron chi connectivity index (χ3n) is 3.10. The van der Waals surface area contributed by atoms with Crippen LogP contribution in [0.1, 0.15) is 27.7 Å². The molecule has 1 rings (SSSR count). The first-order valence-corrected chi connectivity index (χ1v) is 6.90. The van der Waals surface area contributed by atoms with Crippen molar-refractivity contribution in [1.82, 2.24) is 0 Å². The van der Waals surface area contributed by atoms with Crippen LogP contribution < -0.4 is 0 Å². The number of nitrogens with zero attached hydrogens (tertiary/aromatic N) is 1. The molecule has 0 saturated carbocycles. The van der Waals surface area contributed by atoms with Crippen molar-refractivity contribution in [3.05, 3.63) is 10.1 Å². The minimum atomic E-state index is -1.26. The van der Waals surface area contributed by atoms with Crippen molar-refractivity contribution in [2.75, 3.05) is 6.54 Å². The monoisotopic (exact) mass is 333 g/mol. The highest BCUT2D eigenvalue weighted by Gasteiger charge is 2.51. The van der Waals surface area contributed by atoms with Crippen LogP contribution >= 0.6 is 0 Å². The van der Waals surface area contributed by atoms with Gasteiger partial charge in [-0.2, -0.15) is 0 Å². The normalized spacial score (nSPS) is 30.2. The van der Waals surface area contributed by atoms with Crippen LogP contribution in [0.25, 0.3) is 0 Å². The number of nitro groups is 1. The second-order valence-corrected chi connectivity index (χ2v) is 5.12. The summed E-state index contributed by atoms with van der Waals surface area (Å²) in [5.74, 6) is -2.10. The molecule has 0 aromatic carbocycles. The summed E-state index contributed by atoms with van der Waals surface area (Å²) >= 11 is 0. The van der Waals surface area contributed by atoms with Gasteiger partial charge in [0.1, 0.15) is 0 Å². The van der Waals surface area contributed by atoms with Gasteiger partial charge >= 0.3 is 17.9 Å². The molecule has 130 valence electrons. The van der Waals surface area contributed by atoms with Crippen LogP contribution in [0.2, 0.25) is 0 Å². The van der Waals surface area contributed by atoms with Crippen LogP contribution in [-0.2, 0) is 33.3 Å². The Morgan fingerprint density at radius 2 is 1.39 bits per heavy atom. The Hall–Kier alpha value is -2.23. The average Bonchev–Trinajstić information content (AvgIpc) is 2.36. The molecule has 23 heavy (non-hydrogen) atoms. The number of ether oxygens (including phenoxy) is 4. The Balaban J connectivity index is 3.15. The lowest BCUT2D eigenvalue weighted by atomic mass is 9.94. The minimum absolute atomic E-state index is 0.634. The van der Waals surface area contributed by atoms with Gasteiger partial charge < -0.3 is 18.9 Å². The topological polar surface area (TPSA) is 131 Å².